The van der Waals surface area contributed by atoms with E-state index in [1.165, 1.54) is 12.4 Å². The van der Waals surface area contributed by atoms with Crippen LogP contribution < -0.4 is 5.73 Å². The number of pyridine rings is 1. The van der Waals surface area contributed by atoms with Crippen molar-refractivity contribution < 1.29 is 9.90 Å². The lowest BCUT2D eigenvalue weighted by Gasteiger charge is -2.00. The molecule has 0 aliphatic heterocycles. The van der Waals surface area contributed by atoms with E-state index >= 15 is 0 Å². The van der Waals surface area contributed by atoms with Crippen LogP contribution in [-0.4, -0.2) is 30.9 Å². The van der Waals surface area contributed by atoms with E-state index in [-0.39, 0.29) is 11.8 Å². The Kier molecular flexibility index (Phi) is 2.05. The predicted octanol–water partition coefficient (Wildman–Crippen LogP) is 0.448. The molecule has 0 radical (unpaired) electrons. The Balaban J connectivity index is 2.59. The Morgan fingerprint density at radius 2 is 2.00 bits per heavy atom. The van der Waals surface area contributed by atoms with Gasteiger partial charge in [0.1, 0.15) is 0 Å². The predicted molar refractivity (Wildman–Crippen MR) is 51.1 cm³/mol. The van der Waals surface area contributed by atoms with E-state index in [1.807, 2.05) is 0 Å². The molecule has 7 heteroatoms. The van der Waals surface area contributed by atoms with E-state index in [2.05, 4.69) is 15.2 Å². The number of nitrogen functional groups attached to an aromatic ring is 1. The van der Waals surface area contributed by atoms with E-state index in [1.54, 1.807) is 12.1 Å². The molecule has 0 aromatic carbocycles. The molecule has 0 aliphatic rings. The van der Waals surface area contributed by atoms with Crippen LogP contribution in [-0.2, 0) is 0 Å². The van der Waals surface area contributed by atoms with E-state index in [9.17, 15) is 4.79 Å². The standard InChI is InChI=1S/C8H7N5O2/c9-7-12-11-6(13(7)8(14)15)5-1-3-10-4-2-5/h1-4H,(H2,9,12)(H,14,15). The molecular formula is C8H7N5O2. The van der Waals surface area contributed by atoms with Gasteiger partial charge in [0.15, 0.2) is 5.82 Å². The van der Waals surface area contributed by atoms with Gasteiger partial charge in [-0.2, -0.15) is 4.57 Å². The van der Waals surface area contributed by atoms with Crippen LogP contribution in [0.2, 0.25) is 0 Å². The summed E-state index contributed by atoms with van der Waals surface area (Å²) in [6.45, 7) is 0. The third kappa shape index (κ3) is 1.50. The van der Waals surface area contributed by atoms with Crippen LogP contribution in [0.1, 0.15) is 0 Å². The Labute approximate surface area is 84.2 Å². The molecule has 76 valence electrons. The van der Waals surface area contributed by atoms with Crippen LogP contribution in [0.15, 0.2) is 24.5 Å². The maximum Gasteiger partial charge on any atom is 0.420 e. The van der Waals surface area contributed by atoms with Gasteiger partial charge in [-0.1, -0.05) is 0 Å². The molecule has 0 unspecified atom stereocenters. The second kappa shape index (κ2) is 3.37. The van der Waals surface area contributed by atoms with Crippen molar-refractivity contribution >= 4 is 12.0 Å². The highest BCUT2D eigenvalue weighted by atomic mass is 16.4. The van der Waals surface area contributed by atoms with Crippen molar-refractivity contribution in [2.24, 2.45) is 0 Å². The number of hydrogen-bond acceptors (Lipinski definition) is 5. The number of carboxylic acid groups (broad SMARTS) is 1. The molecule has 0 saturated heterocycles. The maximum atomic E-state index is 10.9. The van der Waals surface area contributed by atoms with Crippen molar-refractivity contribution in [3.63, 3.8) is 0 Å². The quantitative estimate of drug-likeness (QED) is 0.699. The lowest BCUT2D eigenvalue weighted by molar-refractivity contribution is 0.197. The zero-order valence-corrected chi connectivity index (χ0v) is 7.53. The monoisotopic (exact) mass is 205 g/mol. The third-order valence-electron chi connectivity index (χ3n) is 1.82. The minimum absolute atomic E-state index is 0.158. The molecule has 0 spiro atoms. The van der Waals surface area contributed by atoms with Crippen LogP contribution in [0, 0.1) is 0 Å². The molecule has 0 bridgehead atoms. The third-order valence-corrected chi connectivity index (χ3v) is 1.82. The summed E-state index contributed by atoms with van der Waals surface area (Å²) in [5, 5.41) is 16.1. The van der Waals surface area contributed by atoms with Gasteiger partial charge in [0.2, 0.25) is 5.95 Å². The SMILES string of the molecule is Nc1nnc(-c2ccncc2)n1C(=O)O. The number of carbonyl (C=O) groups is 1. The Morgan fingerprint density at radius 3 is 2.60 bits per heavy atom. The van der Waals surface area contributed by atoms with Crippen molar-refractivity contribution in [2.75, 3.05) is 5.73 Å². The van der Waals surface area contributed by atoms with E-state index in [0.29, 0.717) is 5.56 Å². The molecule has 0 saturated carbocycles. The van der Waals surface area contributed by atoms with Gasteiger partial charge in [-0.05, 0) is 12.1 Å². The average molecular weight is 205 g/mol. The molecule has 0 fully saturated rings. The van der Waals surface area contributed by atoms with Crippen molar-refractivity contribution in [2.45, 2.75) is 0 Å². The highest BCUT2D eigenvalue weighted by Gasteiger charge is 2.16. The first kappa shape index (κ1) is 9.13. The summed E-state index contributed by atoms with van der Waals surface area (Å²) in [5.74, 6) is 0.0247. The van der Waals surface area contributed by atoms with Gasteiger partial charge in [0.25, 0.3) is 0 Å². The highest BCUT2D eigenvalue weighted by molar-refractivity contribution is 5.77. The average Bonchev–Trinajstić information content (AvgIpc) is 2.61. The number of nitrogens with zero attached hydrogens (tertiary/aromatic N) is 4. The fourth-order valence-corrected chi connectivity index (χ4v) is 1.17. The first-order valence-corrected chi connectivity index (χ1v) is 4.04. The van der Waals surface area contributed by atoms with Crippen LogP contribution >= 0.6 is 0 Å². The van der Waals surface area contributed by atoms with Crippen LogP contribution in [0.3, 0.4) is 0 Å². The lowest BCUT2D eigenvalue weighted by atomic mass is 10.2. The fraction of sp³-hybridized carbons (Fsp3) is 0. The Morgan fingerprint density at radius 1 is 1.33 bits per heavy atom. The van der Waals surface area contributed by atoms with Gasteiger partial charge in [0.05, 0.1) is 0 Å². The zero-order valence-electron chi connectivity index (χ0n) is 7.53. The second-order valence-electron chi connectivity index (χ2n) is 2.74. The summed E-state index contributed by atoms with van der Waals surface area (Å²) in [6.07, 6.45) is 1.85. The van der Waals surface area contributed by atoms with Gasteiger partial charge in [0, 0.05) is 18.0 Å². The molecule has 2 aromatic heterocycles. The minimum atomic E-state index is -1.22. The summed E-state index contributed by atoms with van der Waals surface area (Å²) in [5.41, 5.74) is 5.97. The molecule has 3 N–H and O–H groups in total. The van der Waals surface area contributed by atoms with E-state index in [0.717, 1.165) is 4.57 Å². The van der Waals surface area contributed by atoms with Crippen molar-refractivity contribution in [3.8, 4) is 11.4 Å². The summed E-state index contributed by atoms with van der Waals surface area (Å²) < 4.78 is 0.815. The molecule has 0 amide bonds. The highest BCUT2D eigenvalue weighted by Crippen LogP contribution is 2.17. The molecule has 7 nitrogen and oxygen atoms in total. The van der Waals surface area contributed by atoms with E-state index in [4.69, 9.17) is 10.8 Å². The summed E-state index contributed by atoms with van der Waals surface area (Å²) in [7, 11) is 0. The Bertz CT molecular complexity index is 493. The lowest BCUT2D eigenvalue weighted by Crippen LogP contribution is -2.12. The molecule has 0 atom stereocenters. The van der Waals surface area contributed by atoms with Gasteiger partial charge in [-0.25, -0.2) is 4.79 Å². The summed E-state index contributed by atoms with van der Waals surface area (Å²) >= 11 is 0. The van der Waals surface area contributed by atoms with Crippen LogP contribution in [0.5, 0.6) is 0 Å². The Hall–Kier alpha value is -2.44. The van der Waals surface area contributed by atoms with Crippen molar-refractivity contribution in [1.82, 2.24) is 19.7 Å². The second-order valence-corrected chi connectivity index (χ2v) is 2.74. The van der Waals surface area contributed by atoms with Crippen LogP contribution in [0.4, 0.5) is 10.7 Å². The minimum Gasteiger partial charge on any atom is -0.464 e. The summed E-state index contributed by atoms with van der Waals surface area (Å²) in [4.78, 5) is 14.7. The fourth-order valence-electron chi connectivity index (χ4n) is 1.17. The van der Waals surface area contributed by atoms with Crippen LogP contribution in [0.25, 0.3) is 11.4 Å². The zero-order chi connectivity index (χ0) is 10.8. The molecule has 15 heavy (non-hydrogen) atoms. The van der Waals surface area contributed by atoms with Crippen molar-refractivity contribution in [1.29, 1.82) is 0 Å². The molecule has 2 heterocycles. The number of nitrogens with two attached hydrogens (primary N) is 1. The molecule has 0 aliphatic carbocycles. The number of hydrogen-bond donors (Lipinski definition) is 2. The number of anilines is 1. The number of rotatable bonds is 1. The van der Waals surface area contributed by atoms with Gasteiger partial charge in [-0.15, -0.1) is 10.2 Å². The van der Waals surface area contributed by atoms with Gasteiger partial charge in [-0.3, -0.25) is 4.98 Å². The first-order chi connectivity index (χ1) is 7.20. The van der Waals surface area contributed by atoms with E-state index < -0.39 is 6.09 Å². The van der Waals surface area contributed by atoms with Gasteiger partial charge < -0.3 is 10.8 Å². The molecular weight excluding hydrogens is 198 g/mol. The van der Waals surface area contributed by atoms with Gasteiger partial charge >= 0.3 is 6.09 Å². The topological polar surface area (TPSA) is 107 Å². The normalized spacial score (nSPS) is 10.1. The number of aromatic nitrogens is 4. The van der Waals surface area contributed by atoms with Crippen molar-refractivity contribution in [3.05, 3.63) is 24.5 Å². The molecule has 2 rings (SSSR count). The summed E-state index contributed by atoms with van der Waals surface area (Å²) in [6, 6.07) is 3.26. The first-order valence-electron chi connectivity index (χ1n) is 4.04. The molecule has 2 aromatic rings. The maximum absolute atomic E-state index is 10.9. The largest absolute Gasteiger partial charge is 0.464 e. The smallest absolute Gasteiger partial charge is 0.420 e.